The van der Waals surface area contributed by atoms with Crippen LogP contribution in [0.25, 0.3) is 0 Å². The van der Waals surface area contributed by atoms with Crippen LogP contribution in [0.4, 0.5) is 17.6 Å². The second-order valence-corrected chi connectivity index (χ2v) is 7.19. The lowest BCUT2D eigenvalue weighted by atomic mass is 9.99. The molecule has 6 nitrogen and oxygen atoms in total. The summed E-state index contributed by atoms with van der Waals surface area (Å²) in [5.41, 5.74) is 0.297. The number of amides is 1. The maximum atomic E-state index is 13.1. The number of carbonyl (C=O) groups is 1. The van der Waals surface area contributed by atoms with Crippen LogP contribution in [0.5, 0.6) is 11.5 Å². The van der Waals surface area contributed by atoms with Crippen LogP contribution in [-0.2, 0) is 19.5 Å². The van der Waals surface area contributed by atoms with E-state index in [2.05, 4.69) is 15.5 Å². The number of nitrogens with one attached hydrogen (secondary N) is 1. The van der Waals surface area contributed by atoms with Crippen molar-refractivity contribution in [2.45, 2.75) is 32.1 Å². The summed E-state index contributed by atoms with van der Waals surface area (Å²) in [5.74, 6) is -0.732. The normalized spacial score (nSPS) is 15.9. The van der Waals surface area contributed by atoms with Gasteiger partial charge in [-0.2, -0.15) is 13.2 Å². The zero-order valence-corrected chi connectivity index (χ0v) is 16.2. The molecule has 31 heavy (non-hydrogen) atoms. The Balaban J connectivity index is 1.41. The zero-order valence-electron chi connectivity index (χ0n) is 16.2. The first kappa shape index (κ1) is 20.8. The highest BCUT2D eigenvalue weighted by atomic mass is 19.4. The summed E-state index contributed by atoms with van der Waals surface area (Å²) in [4.78, 5) is 12.5. The SMILES string of the molecule is O=C(NCc1nnc2n1C[C@@H](C(F)(F)F)CC2)c1cccc(Oc2ccc(F)cc2)c1. The molecule has 3 aromatic rings. The average molecular weight is 434 g/mol. The fourth-order valence-electron chi connectivity index (χ4n) is 3.38. The molecule has 0 aliphatic carbocycles. The van der Waals surface area contributed by atoms with E-state index in [0.717, 1.165) is 0 Å². The van der Waals surface area contributed by atoms with Crippen LogP contribution in [-0.4, -0.2) is 26.8 Å². The lowest BCUT2D eigenvalue weighted by molar-refractivity contribution is -0.182. The quantitative estimate of drug-likeness (QED) is 0.610. The number of ether oxygens (including phenoxy) is 1. The molecule has 0 radical (unpaired) electrons. The van der Waals surface area contributed by atoms with E-state index in [9.17, 15) is 22.4 Å². The lowest BCUT2D eigenvalue weighted by Crippen LogP contribution is -2.33. The van der Waals surface area contributed by atoms with E-state index >= 15 is 0 Å². The highest BCUT2D eigenvalue weighted by molar-refractivity contribution is 5.94. The van der Waals surface area contributed by atoms with Gasteiger partial charge in [-0.1, -0.05) is 6.07 Å². The molecule has 1 atom stereocenters. The van der Waals surface area contributed by atoms with Crippen molar-refractivity contribution in [3.05, 3.63) is 71.6 Å². The van der Waals surface area contributed by atoms with Crippen molar-refractivity contribution in [2.24, 2.45) is 5.92 Å². The minimum absolute atomic E-state index is 0.0190. The van der Waals surface area contributed by atoms with Gasteiger partial charge in [-0.15, -0.1) is 10.2 Å². The first-order valence-corrected chi connectivity index (χ1v) is 9.59. The van der Waals surface area contributed by atoms with Crippen LogP contribution in [0, 0.1) is 11.7 Å². The van der Waals surface area contributed by atoms with Crippen molar-refractivity contribution in [1.29, 1.82) is 0 Å². The molecule has 0 saturated heterocycles. The molecule has 1 aliphatic rings. The van der Waals surface area contributed by atoms with E-state index in [0.29, 0.717) is 22.9 Å². The van der Waals surface area contributed by atoms with Crippen molar-refractivity contribution >= 4 is 5.91 Å². The summed E-state index contributed by atoms with van der Waals surface area (Å²) >= 11 is 0. The van der Waals surface area contributed by atoms with Crippen LogP contribution in [0.2, 0.25) is 0 Å². The molecule has 1 N–H and O–H groups in total. The summed E-state index contributed by atoms with van der Waals surface area (Å²) < 4.78 is 59.3. The predicted octanol–water partition coefficient (Wildman–Crippen LogP) is 4.26. The van der Waals surface area contributed by atoms with Crippen molar-refractivity contribution in [3.8, 4) is 11.5 Å². The van der Waals surface area contributed by atoms with E-state index < -0.39 is 23.8 Å². The van der Waals surface area contributed by atoms with Gasteiger partial charge in [0.1, 0.15) is 23.1 Å². The standard InChI is InChI=1S/C21H18F4N4O2/c22-15-5-7-16(8-6-15)31-17-3-1-2-13(10-17)20(30)26-11-19-28-27-18-9-4-14(12-29(18)19)21(23,24)25/h1-3,5-8,10,14H,4,9,11-12H2,(H,26,30)/t14-/m0/s1. The van der Waals surface area contributed by atoms with Crippen LogP contribution in [0.1, 0.15) is 28.4 Å². The summed E-state index contributed by atoms with van der Waals surface area (Å²) in [6, 6.07) is 11.8. The van der Waals surface area contributed by atoms with Crippen molar-refractivity contribution in [3.63, 3.8) is 0 Å². The second kappa shape index (κ2) is 8.37. The van der Waals surface area contributed by atoms with E-state index in [1.54, 1.807) is 18.2 Å². The third-order valence-electron chi connectivity index (χ3n) is 5.04. The molecule has 1 amide bonds. The fraction of sp³-hybridized carbons (Fsp3) is 0.286. The number of aryl methyl sites for hydroxylation is 1. The monoisotopic (exact) mass is 434 g/mol. The number of hydrogen-bond acceptors (Lipinski definition) is 4. The molecule has 10 heteroatoms. The van der Waals surface area contributed by atoms with E-state index in [4.69, 9.17) is 4.74 Å². The number of carbonyl (C=O) groups excluding carboxylic acids is 1. The van der Waals surface area contributed by atoms with Crippen molar-refractivity contribution < 1.29 is 27.1 Å². The van der Waals surface area contributed by atoms with Gasteiger partial charge >= 0.3 is 6.18 Å². The van der Waals surface area contributed by atoms with Crippen LogP contribution >= 0.6 is 0 Å². The molecule has 0 unspecified atom stereocenters. The average Bonchev–Trinajstić information content (AvgIpc) is 3.15. The lowest BCUT2D eigenvalue weighted by Gasteiger charge is -2.26. The maximum absolute atomic E-state index is 13.1. The van der Waals surface area contributed by atoms with E-state index in [1.165, 1.54) is 34.9 Å². The van der Waals surface area contributed by atoms with Crippen LogP contribution in [0.15, 0.2) is 48.5 Å². The Labute approximate surface area is 174 Å². The van der Waals surface area contributed by atoms with Crippen molar-refractivity contribution in [1.82, 2.24) is 20.1 Å². The Hall–Kier alpha value is -3.43. The number of hydrogen-bond donors (Lipinski definition) is 1. The first-order chi connectivity index (χ1) is 14.8. The Bertz CT molecular complexity index is 1080. The van der Waals surface area contributed by atoms with E-state index in [-0.39, 0.29) is 31.8 Å². The fourth-order valence-corrected chi connectivity index (χ4v) is 3.38. The molecule has 162 valence electrons. The largest absolute Gasteiger partial charge is 0.457 e. The van der Waals surface area contributed by atoms with Crippen molar-refractivity contribution in [2.75, 3.05) is 0 Å². The van der Waals surface area contributed by atoms with Gasteiger partial charge in [0, 0.05) is 18.5 Å². The highest BCUT2D eigenvalue weighted by Crippen LogP contribution is 2.34. The molecule has 2 aromatic carbocycles. The second-order valence-electron chi connectivity index (χ2n) is 7.19. The van der Waals surface area contributed by atoms with Gasteiger partial charge < -0.3 is 14.6 Å². The summed E-state index contributed by atoms with van der Waals surface area (Å²) in [5, 5.41) is 10.5. The molecule has 4 rings (SSSR count). The van der Waals surface area contributed by atoms with Gasteiger partial charge in [0.15, 0.2) is 5.82 Å². The predicted molar refractivity (Wildman–Crippen MR) is 102 cm³/mol. The third-order valence-corrected chi connectivity index (χ3v) is 5.04. The van der Waals surface area contributed by atoms with Gasteiger partial charge in [0.05, 0.1) is 12.5 Å². The highest BCUT2D eigenvalue weighted by Gasteiger charge is 2.42. The van der Waals surface area contributed by atoms with E-state index in [1.807, 2.05) is 0 Å². The smallest absolute Gasteiger partial charge is 0.393 e. The van der Waals surface area contributed by atoms with Gasteiger partial charge in [0.25, 0.3) is 5.91 Å². The minimum Gasteiger partial charge on any atom is -0.457 e. The van der Waals surface area contributed by atoms with Gasteiger partial charge in [0.2, 0.25) is 0 Å². The summed E-state index contributed by atoms with van der Waals surface area (Å²) in [6.07, 6.45) is -4.11. The Morgan fingerprint density at radius 2 is 1.90 bits per heavy atom. The number of alkyl halides is 3. The molecule has 0 spiro atoms. The molecule has 2 heterocycles. The first-order valence-electron chi connectivity index (χ1n) is 9.59. The Morgan fingerprint density at radius 1 is 1.13 bits per heavy atom. The molecule has 1 aromatic heterocycles. The van der Waals surface area contributed by atoms with Crippen LogP contribution in [0.3, 0.4) is 0 Å². The number of aromatic nitrogens is 3. The summed E-state index contributed by atoms with van der Waals surface area (Å²) in [6.45, 7) is -0.308. The summed E-state index contributed by atoms with van der Waals surface area (Å²) in [7, 11) is 0. The minimum atomic E-state index is -4.28. The molecule has 1 aliphatic heterocycles. The number of fused-ring (bicyclic) bond motifs is 1. The molecular formula is C21H18F4N4O2. The molecular weight excluding hydrogens is 416 g/mol. The molecule has 0 fully saturated rings. The topological polar surface area (TPSA) is 69.0 Å². The van der Waals surface area contributed by atoms with Crippen LogP contribution < -0.4 is 10.1 Å². The Kier molecular flexibility index (Phi) is 5.62. The zero-order chi connectivity index (χ0) is 22.0. The Morgan fingerprint density at radius 3 is 2.65 bits per heavy atom. The number of nitrogens with zero attached hydrogens (tertiary/aromatic N) is 3. The number of halogens is 4. The molecule has 0 saturated carbocycles. The number of benzene rings is 2. The van der Waals surface area contributed by atoms with Gasteiger partial charge in [-0.3, -0.25) is 4.79 Å². The van der Waals surface area contributed by atoms with Gasteiger partial charge in [-0.25, -0.2) is 4.39 Å². The maximum Gasteiger partial charge on any atom is 0.393 e. The number of rotatable bonds is 5. The third kappa shape index (κ3) is 4.84. The van der Waals surface area contributed by atoms with Gasteiger partial charge in [-0.05, 0) is 48.9 Å². The molecule has 0 bridgehead atoms.